The Morgan fingerprint density at radius 3 is 2.78 bits per heavy atom. The zero-order chi connectivity index (χ0) is 13.4. The van der Waals surface area contributed by atoms with Gasteiger partial charge in [-0.3, -0.25) is 4.79 Å². The number of ether oxygens (including phenoxy) is 2. The molecule has 0 spiro atoms. The summed E-state index contributed by atoms with van der Waals surface area (Å²) >= 11 is 0. The van der Waals surface area contributed by atoms with Crippen molar-refractivity contribution in [2.24, 2.45) is 0 Å². The topological polar surface area (TPSA) is 38.8 Å². The molecule has 0 bridgehead atoms. The Kier molecular flexibility index (Phi) is 6.22. The first-order valence-corrected chi connectivity index (χ1v) is 6.04. The Morgan fingerprint density at radius 2 is 2.11 bits per heavy atom. The van der Waals surface area contributed by atoms with Gasteiger partial charge >= 0.3 is 5.97 Å². The number of carbonyl (C=O) groups excluding carboxylic acids is 1. The minimum absolute atomic E-state index is 0.148. The maximum absolute atomic E-state index is 11.0. The van der Waals surface area contributed by atoms with Gasteiger partial charge in [-0.15, -0.1) is 0 Å². The molecule has 0 radical (unpaired) electrons. The maximum atomic E-state index is 11.0. The summed E-state index contributed by atoms with van der Waals surface area (Å²) in [5, 5.41) is 0. The van der Waals surface area contributed by atoms with Gasteiger partial charge in [0.2, 0.25) is 0 Å². The molecule has 0 saturated heterocycles. The van der Waals surface area contributed by atoms with Crippen LogP contribution in [0, 0.1) is 0 Å². The van der Waals surface area contributed by atoms with Crippen molar-refractivity contribution in [3.05, 3.63) is 29.8 Å². The van der Waals surface area contributed by atoms with E-state index in [4.69, 9.17) is 4.74 Å². The van der Waals surface area contributed by atoms with E-state index in [-0.39, 0.29) is 5.97 Å². The Labute approximate surface area is 108 Å². The summed E-state index contributed by atoms with van der Waals surface area (Å²) in [4.78, 5) is 13.2. The fraction of sp³-hybridized carbons (Fsp3) is 0.500. The molecular weight excluding hydrogens is 230 g/mol. The molecule has 0 aliphatic rings. The molecule has 0 N–H and O–H groups in total. The number of rotatable bonds is 7. The normalized spacial score (nSPS) is 10.4. The van der Waals surface area contributed by atoms with E-state index in [9.17, 15) is 4.79 Å². The number of hydrogen-bond donors (Lipinski definition) is 0. The van der Waals surface area contributed by atoms with E-state index in [1.807, 2.05) is 25.2 Å². The molecule has 0 aromatic heterocycles. The first kappa shape index (κ1) is 14.5. The minimum Gasteiger partial charge on any atom is -0.497 e. The number of hydrogen-bond acceptors (Lipinski definition) is 4. The molecule has 4 heteroatoms. The number of esters is 1. The predicted molar refractivity (Wildman–Crippen MR) is 70.6 cm³/mol. The third kappa shape index (κ3) is 5.19. The average molecular weight is 251 g/mol. The van der Waals surface area contributed by atoms with E-state index < -0.39 is 0 Å². The molecule has 0 amide bonds. The molecule has 4 nitrogen and oxygen atoms in total. The lowest BCUT2D eigenvalue weighted by atomic mass is 10.2. The van der Waals surface area contributed by atoms with E-state index in [2.05, 4.69) is 15.7 Å². The van der Waals surface area contributed by atoms with Crippen LogP contribution in [0.1, 0.15) is 18.4 Å². The molecule has 0 fully saturated rings. The molecule has 0 saturated carbocycles. The highest BCUT2D eigenvalue weighted by Gasteiger charge is 2.04. The van der Waals surface area contributed by atoms with Crippen LogP contribution in [0.5, 0.6) is 5.75 Å². The van der Waals surface area contributed by atoms with Gasteiger partial charge in [-0.25, -0.2) is 0 Å². The second-order valence-corrected chi connectivity index (χ2v) is 4.27. The Morgan fingerprint density at radius 1 is 1.33 bits per heavy atom. The van der Waals surface area contributed by atoms with Gasteiger partial charge in [0, 0.05) is 13.0 Å². The lowest BCUT2D eigenvalue weighted by Gasteiger charge is -2.16. The van der Waals surface area contributed by atoms with Gasteiger partial charge < -0.3 is 14.4 Å². The van der Waals surface area contributed by atoms with Crippen LogP contribution >= 0.6 is 0 Å². The highest BCUT2D eigenvalue weighted by Crippen LogP contribution is 2.13. The molecule has 0 aliphatic carbocycles. The van der Waals surface area contributed by atoms with Crippen molar-refractivity contribution in [1.82, 2.24) is 4.90 Å². The van der Waals surface area contributed by atoms with Crippen LogP contribution in [0.2, 0.25) is 0 Å². The van der Waals surface area contributed by atoms with Crippen molar-refractivity contribution in [2.45, 2.75) is 19.4 Å². The molecule has 0 aliphatic heterocycles. The Hall–Kier alpha value is -1.55. The number of methoxy groups -OCH3 is 2. The third-order valence-corrected chi connectivity index (χ3v) is 2.74. The highest BCUT2D eigenvalue weighted by molar-refractivity contribution is 5.69. The molecule has 0 atom stereocenters. The smallest absolute Gasteiger partial charge is 0.305 e. The van der Waals surface area contributed by atoms with E-state index >= 15 is 0 Å². The first-order chi connectivity index (χ1) is 8.65. The van der Waals surface area contributed by atoms with Crippen LogP contribution in [0.25, 0.3) is 0 Å². The van der Waals surface area contributed by atoms with Gasteiger partial charge in [0.05, 0.1) is 14.2 Å². The molecule has 18 heavy (non-hydrogen) atoms. The molecule has 1 aromatic rings. The maximum Gasteiger partial charge on any atom is 0.305 e. The van der Waals surface area contributed by atoms with Crippen molar-refractivity contribution in [2.75, 3.05) is 27.8 Å². The lowest BCUT2D eigenvalue weighted by Crippen LogP contribution is -2.20. The highest BCUT2D eigenvalue weighted by atomic mass is 16.5. The van der Waals surface area contributed by atoms with Crippen molar-refractivity contribution in [3.8, 4) is 5.75 Å². The Bertz CT molecular complexity index is 379. The van der Waals surface area contributed by atoms with Crippen molar-refractivity contribution in [1.29, 1.82) is 0 Å². The number of benzene rings is 1. The summed E-state index contributed by atoms with van der Waals surface area (Å²) in [5.74, 6) is 0.722. The fourth-order valence-corrected chi connectivity index (χ4v) is 1.76. The van der Waals surface area contributed by atoms with E-state index in [1.165, 1.54) is 12.7 Å². The van der Waals surface area contributed by atoms with Gasteiger partial charge in [0.25, 0.3) is 0 Å². The van der Waals surface area contributed by atoms with Crippen molar-refractivity contribution in [3.63, 3.8) is 0 Å². The second-order valence-electron chi connectivity index (χ2n) is 4.27. The minimum atomic E-state index is -0.148. The molecule has 100 valence electrons. The van der Waals surface area contributed by atoms with Gasteiger partial charge in [-0.05, 0) is 37.7 Å². The van der Waals surface area contributed by atoms with Gasteiger partial charge in [0.15, 0.2) is 0 Å². The van der Waals surface area contributed by atoms with Crippen LogP contribution < -0.4 is 4.74 Å². The van der Waals surface area contributed by atoms with E-state index in [0.717, 1.165) is 25.3 Å². The molecule has 1 aromatic carbocycles. The van der Waals surface area contributed by atoms with Crippen molar-refractivity contribution >= 4 is 5.97 Å². The SMILES string of the molecule is COC(=O)CCCN(C)Cc1cccc(OC)c1. The predicted octanol–water partition coefficient (Wildman–Crippen LogP) is 2.08. The summed E-state index contributed by atoms with van der Waals surface area (Å²) in [5.41, 5.74) is 1.20. The van der Waals surface area contributed by atoms with Crippen LogP contribution in [-0.4, -0.2) is 38.7 Å². The lowest BCUT2D eigenvalue weighted by molar-refractivity contribution is -0.140. The largest absolute Gasteiger partial charge is 0.497 e. The van der Waals surface area contributed by atoms with Crippen LogP contribution in [0.3, 0.4) is 0 Å². The quantitative estimate of drug-likeness (QED) is 0.695. The van der Waals surface area contributed by atoms with Gasteiger partial charge in [-0.1, -0.05) is 12.1 Å². The zero-order valence-electron chi connectivity index (χ0n) is 11.3. The van der Waals surface area contributed by atoms with Gasteiger partial charge in [0.1, 0.15) is 5.75 Å². The van der Waals surface area contributed by atoms with Crippen LogP contribution in [0.15, 0.2) is 24.3 Å². The second kappa shape index (κ2) is 7.71. The fourth-order valence-electron chi connectivity index (χ4n) is 1.76. The molecule has 0 heterocycles. The summed E-state index contributed by atoms with van der Waals surface area (Å²) in [6, 6.07) is 8.01. The summed E-state index contributed by atoms with van der Waals surface area (Å²) < 4.78 is 9.79. The first-order valence-electron chi connectivity index (χ1n) is 6.04. The summed E-state index contributed by atoms with van der Waals surface area (Å²) in [7, 11) is 5.12. The molecular formula is C14H21NO3. The molecule has 0 unspecified atom stereocenters. The number of carbonyl (C=O) groups is 1. The van der Waals surface area contributed by atoms with Gasteiger partial charge in [-0.2, -0.15) is 0 Å². The monoisotopic (exact) mass is 251 g/mol. The Balaban J connectivity index is 2.34. The summed E-state index contributed by atoms with van der Waals surface area (Å²) in [6.45, 7) is 1.71. The van der Waals surface area contributed by atoms with E-state index in [0.29, 0.717) is 6.42 Å². The van der Waals surface area contributed by atoms with Crippen molar-refractivity contribution < 1.29 is 14.3 Å². The number of nitrogens with zero attached hydrogens (tertiary/aromatic N) is 1. The average Bonchev–Trinajstić information content (AvgIpc) is 2.38. The standard InChI is InChI=1S/C14H21NO3/c1-15(9-5-8-14(16)18-3)11-12-6-4-7-13(10-12)17-2/h4,6-7,10H,5,8-9,11H2,1-3H3. The molecule has 1 rings (SSSR count). The summed E-state index contributed by atoms with van der Waals surface area (Å²) in [6.07, 6.45) is 1.28. The van der Waals surface area contributed by atoms with Crippen LogP contribution in [-0.2, 0) is 16.1 Å². The van der Waals surface area contributed by atoms with Crippen LogP contribution in [0.4, 0.5) is 0 Å². The third-order valence-electron chi connectivity index (χ3n) is 2.74. The zero-order valence-corrected chi connectivity index (χ0v) is 11.3. The van der Waals surface area contributed by atoms with E-state index in [1.54, 1.807) is 7.11 Å².